The van der Waals surface area contributed by atoms with Crippen molar-refractivity contribution in [1.29, 1.82) is 0 Å². The van der Waals surface area contributed by atoms with Crippen LogP contribution < -0.4 is 11.1 Å². The first-order valence-electron chi connectivity index (χ1n) is 6.11. The van der Waals surface area contributed by atoms with Crippen molar-refractivity contribution in [2.75, 3.05) is 19.6 Å². The molecule has 18 heavy (non-hydrogen) atoms. The molecular formula is C13H18FN3O. The normalized spacial score (nSPS) is 22.7. The lowest BCUT2D eigenvalue weighted by molar-refractivity contribution is -0.124. The maximum atomic E-state index is 12.9. The van der Waals surface area contributed by atoms with Crippen LogP contribution in [-0.4, -0.2) is 36.5 Å². The van der Waals surface area contributed by atoms with Crippen molar-refractivity contribution in [2.24, 2.45) is 5.73 Å². The fourth-order valence-electron chi connectivity index (χ4n) is 2.38. The third kappa shape index (κ3) is 2.68. The number of benzene rings is 1. The Bertz CT molecular complexity index is 421. The average Bonchev–Trinajstić information content (AvgIpc) is 2.39. The number of primary amides is 1. The Balaban J connectivity index is 2.17. The quantitative estimate of drug-likeness (QED) is 0.829. The minimum atomic E-state index is -0.323. The van der Waals surface area contributed by atoms with Gasteiger partial charge in [-0.3, -0.25) is 9.69 Å². The molecule has 0 radical (unpaired) electrons. The summed E-state index contributed by atoms with van der Waals surface area (Å²) in [6.07, 6.45) is 0. The van der Waals surface area contributed by atoms with Crippen molar-refractivity contribution in [3.63, 3.8) is 0 Å². The molecule has 1 aliphatic rings. The lowest BCUT2D eigenvalue weighted by Crippen LogP contribution is -2.57. The van der Waals surface area contributed by atoms with Crippen LogP contribution >= 0.6 is 0 Å². The molecule has 1 heterocycles. The fraction of sp³-hybridized carbons (Fsp3) is 0.462. The zero-order valence-corrected chi connectivity index (χ0v) is 10.4. The van der Waals surface area contributed by atoms with Crippen molar-refractivity contribution in [3.05, 3.63) is 35.6 Å². The van der Waals surface area contributed by atoms with Gasteiger partial charge in [0.15, 0.2) is 0 Å². The molecule has 1 fully saturated rings. The van der Waals surface area contributed by atoms with Gasteiger partial charge in [0.05, 0.1) is 0 Å². The van der Waals surface area contributed by atoms with Gasteiger partial charge in [-0.1, -0.05) is 12.1 Å². The first-order chi connectivity index (χ1) is 8.59. The molecule has 4 nitrogen and oxygen atoms in total. The van der Waals surface area contributed by atoms with Gasteiger partial charge in [0.25, 0.3) is 0 Å². The molecule has 2 rings (SSSR count). The number of nitrogens with two attached hydrogens (primary N) is 1. The summed E-state index contributed by atoms with van der Waals surface area (Å²) in [5, 5.41) is 3.16. The number of nitrogens with one attached hydrogen (secondary N) is 1. The summed E-state index contributed by atoms with van der Waals surface area (Å²) in [6, 6.07) is 6.12. The summed E-state index contributed by atoms with van der Waals surface area (Å²) in [5.74, 6) is -0.575. The molecule has 0 saturated carbocycles. The van der Waals surface area contributed by atoms with Crippen LogP contribution in [0.25, 0.3) is 0 Å². The molecule has 1 amide bonds. The van der Waals surface area contributed by atoms with Crippen LogP contribution in [0.4, 0.5) is 4.39 Å². The third-order valence-electron chi connectivity index (χ3n) is 3.46. The van der Waals surface area contributed by atoms with Gasteiger partial charge in [-0.05, 0) is 24.6 Å². The number of nitrogens with zero attached hydrogens (tertiary/aromatic N) is 1. The summed E-state index contributed by atoms with van der Waals surface area (Å²) >= 11 is 0. The van der Waals surface area contributed by atoms with E-state index in [1.807, 2.05) is 6.92 Å². The minimum Gasteiger partial charge on any atom is -0.368 e. The highest BCUT2D eigenvalue weighted by atomic mass is 19.1. The average molecular weight is 251 g/mol. The molecule has 1 aliphatic heterocycles. The second kappa shape index (κ2) is 5.46. The smallest absolute Gasteiger partial charge is 0.236 e. The molecule has 1 saturated heterocycles. The van der Waals surface area contributed by atoms with E-state index in [1.165, 1.54) is 12.1 Å². The number of rotatable bonds is 3. The Kier molecular flexibility index (Phi) is 3.93. The van der Waals surface area contributed by atoms with Crippen LogP contribution in [0, 0.1) is 5.82 Å². The molecule has 5 heteroatoms. The maximum absolute atomic E-state index is 12.9. The van der Waals surface area contributed by atoms with Gasteiger partial charge in [-0.2, -0.15) is 0 Å². The van der Waals surface area contributed by atoms with Gasteiger partial charge in [-0.15, -0.1) is 0 Å². The summed E-state index contributed by atoms with van der Waals surface area (Å²) in [7, 11) is 0. The van der Waals surface area contributed by atoms with E-state index in [9.17, 15) is 9.18 Å². The van der Waals surface area contributed by atoms with E-state index >= 15 is 0 Å². The van der Waals surface area contributed by atoms with Crippen LogP contribution in [0.2, 0.25) is 0 Å². The topological polar surface area (TPSA) is 58.4 Å². The van der Waals surface area contributed by atoms with Gasteiger partial charge < -0.3 is 11.1 Å². The van der Waals surface area contributed by atoms with Gasteiger partial charge >= 0.3 is 0 Å². The number of carbonyl (C=O) groups is 1. The van der Waals surface area contributed by atoms with Crippen LogP contribution in [0.1, 0.15) is 18.5 Å². The number of hydrogen-bond acceptors (Lipinski definition) is 3. The summed E-state index contributed by atoms with van der Waals surface area (Å²) in [5.41, 5.74) is 6.41. The van der Waals surface area contributed by atoms with Crippen molar-refractivity contribution in [1.82, 2.24) is 10.2 Å². The molecule has 98 valence electrons. The van der Waals surface area contributed by atoms with Crippen LogP contribution in [0.15, 0.2) is 24.3 Å². The Labute approximate surface area is 106 Å². The molecule has 2 atom stereocenters. The summed E-state index contributed by atoms with van der Waals surface area (Å²) in [4.78, 5) is 13.5. The minimum absolute atomic E-state index is 0.0465. The largest absolute Gasteiger partial charge is 0.368 e. The molecule has 0 aliphatic carbocycles. The Morgan fingerprint density at radius 3 is 2.78 bits per heavy atom. The van der Waals surface area contributed by atoms with E-state index in [0.717, 1.165) is 18.7 Å². The van der Waals surface area contributed by atoms with E-state index in [4.69, 9.17) is 5.73 Å². The first kappa shape index (κ1) is 13.0. The van der Waals surface area contributed by atoms with E-state index in [2.05, 4.69) is 10.2 Å². The van der Waals surface area contributed by atoms with Crippen molar-refractivity contribution in [3.8, 4) is 0 Å². The van der Waals surface area contributed by atoms with E-state index in [1.54, 1.807) is 12.1 Å². The van der Waals surface area contributed by atoms with Crippen LogP contribution in [0.3, 0.4) is 0 Å². The first-order valence-corrected chi connectivity index (χ1v) is 6.11. The highest BCUT2D eigenvalue weighted by Gasteiger charge is 2.30. The summed E-state index contributed by atoms with van der Waals surface area (Å²) in [6.45, 7) is 4.16. The van der Waals surface area contributed by atoms with Gasteiger partial charge in [0, 0.05) is 25.7 Å². The van der Waals surface area contributed by atoms with Crippen LogP contribution in [0.5, 0.6) is 0 Å². The second-order valence-electron chi connectivity index (χ2n) is 4.59. The third-order valence-corrected chi connectivity index (χ3v) is 3.46. The standard InChI is InChI=1S/C13H18FN3O/c1-9(10-2-4-11(14)5-3-10)17-7-6-16-8-12(17)13(15)18/h2-5,9,12,16H,6-8H2,1H3,(H2,15,18). The number of hydrogen-bond donors (Lipinski definition) is 2. The molecule has 0 bridgehead atoms. The lowest BCUT2D eigenvalue weighted by atomic mass is 10.0. The van der Waals surface area contributed by atoms with Crippen molar-refractivity contribution in [2.45, 2.75) is 19.0 Å². The van der Waals surface area contributed by atoms with E-state index in [0.29, 0.717) is 6.54 Å². The molecule has 3 N–H and O–H groups in total. The number of piperazine rings is 1. The number of halogens is 1. The Morgan fingerprint density at radius 2 is 2.17 bits per heavy atom. The zero-order chi connectivity index (χ0) is 13.1. The van der Waals surface area contributed by atoms with Gasteiger partial charge in [-0.25, -0.2) is 4.39 Å². The highest BCUT2D eigenvalue weighted by Crippen LogP contribution is 2.23. The predicted octanol–water partition coefficient (Wildman–Crippen LogP) is 0.646. The highest BCUT2D eigenvalue weighted by molar-refractivity contribution is 5.80. The molecular weight excluding hydrogens is 233 g/mol. The predicted molar refractivity (Wildman–Crippen MR) is 67.4 cm³/mol. The molecule has 0 aromatic heterocycles. The van der Waals surface area contributed by atoms with Gasteiger partial charge in [0.1, 0.15) is 11.9 Å². The van der Waals surface area contributed by atoms with E-state index < -0.39 is 0 Å². The molecule has 2 unspecified atom stereocenters. The fourth-order valence-corrected chi connectivity index (χ4v) is 2.38. The summed E-state index contributed by atoms with van der Waals surface area (Å²) < 4.78 is 12.9. The Hall–Kier alpha value is -1.46. The van der Waals surface area contributed by atoms with Gasteiger partial charge in [0.2, 0.25) is 5.91 Å². The Morgan fingerprint density at radius 1 is 1.50 bits per heavy atom. The monoisotopic (exact) mass is 251 g/mol. The van der Waals surface area contributed by atoms with Crippen LogP contribution in [-0.2, 0) is 4.79 Å². The second-order valence-corrected chi connectivity index (χ2v) is 4.59. The van der Waals surface area contributed by atoms with Crippen molar-refractivity contribution >= 4 is 5.91 Å². The molecule has 1 aromatic carbocycles. The number of carbonyl (C=O) groups excluding carboxylic acids is 1. The van der Waals surface area contributed by atoms with Crippen molar-refractivity contribution < 1.29 is 9.18 Å². The van der Waals surface area contributed by atoms with E-state index in [-0.39, 0.29) is 23.8 Å². The zero-order valence-electron chi connectivity index (χ0n) is 10.4. The maximum Gasteiger partial charge on any atom is 0.236 e. The molecule has 0 spiro atoms. The SMILES string of the molecule is CC(c1ccc(F)cc1)N1CCNCC1C(N)=O. The lowest BCUT2D eigenvalue weighted by Gasteiger charge is -2.38. The number of amides is 1. The molecule has 1 aromatic rings.